The van der Waals surface area contributed by atoms with E-state index in [1.807, 2.05) is 6.92 Å². The van der Waals surface area contributed by atoms with Gasteiger partial charge in [0, 0.05) is 16.6 Å². The van der Waals surface area contributed by atoms with Crippen molar-refractivity contribution >= 4 is 5.97 Å². The smallest absolute Gasteiger partial charge is 0.339 e. The van der Waals surface area contributed by atoms with E-state index < -0.39 is 0 Å². The van der Waals surface area contributed by atoms with Crippen molar-refractivity contribution in [3.63, 3.8) is 0 Å². The molecule has 18 heavy (non-hydrogen) atoms. The van der Waals surface area contributed by atoms with Gasteiger partial charge in [-0.05, 0) is 43.3 Å². The highest BCUT2D eigenvalue weighted by Gasteiger charge is 2.60. The fraction of sp³-hybridized carbons (Fsp3) is 0.533. The summed E-state index contributed by atoms with van der Waals surface area (Å²) in [6.07, 6.45) is 4.08. The van der Waals surface area contributed by atoms with E-state index in [1.165, 1.54) is 17.6 Å². The molecule has 0 bridgehead atoms. The van der Waals surface area contributed by atoms with Gasteiger partial charge in [0.05, 0.1) is 6.61 Å². The SMILES string of the molecule is CC1=C2CC3=C(CO)C4CC4C3(C)C=C2OC1=O. The van der Waals surface area contributed by atoms with E-state index in [2.05, 4.69) is 13.0 Å². The highest BCUT2D eigenvalue weighted by Crippen LogP contribution is 2.68. The molecule has 0 saturated heterocycles. The number of aliphatic hydroxyl groups is 1. The minimum absolute atomic E-state index is 0.00641. The summed E-state index contributed by atoms with van der Waals surface area (Å²) in [5.41, 5.74) is 4.32. The van der Waals surface area contributed by atoms with Crippen LogP contribution in [0.2, 0.25) is 0 Å². The zero-order valence-corrected chi connectivity index (χ0v) is 10.6. The Bertz CT molecular complexity index is 579. The Kier molecular flexibility index (Phi) is 1.74. The van der Waals surface area contributed by atoms with Gasteiger partial charge in [-0.3, -0.25) is 0 Å². The average molecular weight is 244 g/mol. The summed E-state index contributed by atoms with van der Waals surface area (Å²) in [6, 6.07) is 0. The van der Waals surface area contributed by atoms with Crippen molar-refractivity contribution in [3.8, 4) is 0 Å². The van der Waals surface area contributed by atoms with Gasteiger partial charge >= 0.3 is 5.97 Å². The first-order valence-electron chi connectivity index (χ1n) is 6.54. The van der Waals surface area contributed by atoms with Crippen molar-refractivity contribution in [1.29, 1.82) is 0 Å². The molecule has 4 rings (SSSR count). The van der Waals surface area contributed by atoms with Gasteiger partial charge in [-0.2, -0.15) is 0 Å². The summed E-state index contributed by atoms with van der Waals surface area (Å²) in [4.78, 5) is 11.6. The van der Waals surface area contributed by atoms with Gasteiger partial charge in [0.2, 0.25) is 0 Å². The number of fused-ring (bicyclic) bond motifs is 4. The van der Waals surface area contributed by atoms with Crippen molar-refractivity contribution in [3.05, 3.63) is 34.1 Å². The zero-order valence-electron chi connectivity index (χ0n) is 10.6. The quantitative estimate of drug-likeness (QED) is 0.567. The molecule has 0 radical (unpaired) electrons. The number of hydrogen-bond acceptors (Lipinski definition) is 3. The molecule has 3 unspecified atom stereocenters. The van der Waals surface area contributed by atoms with E-state index in [-0.39, 0.29) is 18.0 Å². The first-order valence-corrected chi connectivity index (χ1v) is 6.54. The second-order valence-corrected chi connectivity index (χ2v) is 6.07. The first-order chi connectivity index (χ1) is 8.56. The third-order valence-corrected chi connectivity index (χ3v) is 5.26. The number of aliphatic hydroxyl groups excluding tert-OH is 1. The van der Waals surface area contributed by atoms with Crippen LogP contribution in [0.1, 0.15) is 26.7 Å². The summed E-state index contributed by atoms with van der Waals surface area (Å²) in [5.74, 6) is 1.75. The van der Waals surface area contributed by atoms with E-state index in [1.54, 1.807) is 0 Å². The number of esters is 1. The van der Waals surface area contributed by atoms with Crippen molar-refractivity contribution in [2.24, 2.45) is 17.3 Å². The van der Waals surface area contributed by atoms with Gasteiger partial charge in [0.25, 0.3) is 0 Å². The van der Waals surface area contributed by atoms with Crippen LogP contribution in [0.5, 0.6) is 0 Å². The van der Waals surface area contributed by atoms with E-state index in [9.17, 15) is 9.90 Å². The standard InChI is InChI=1S/C15H16O3/c1-7-8-3-12-10(6-16)9-4-11(9)15(12,2)5-13(8)18-14(7)17/h5,9,11,16H,3-4,6H2,1-2H3. The van der Waals surface area contributed by atoms with Gasteiger partial charge in [-0.25, -0.2) is 4.79 Å². The second kappa shape index (κ2) is 2.97. The maximum Gasteiger partial charge on any atom is 0.339 e. The van der Waals surface area contributed by atoms with Crippen LogP contribution in [-0.2, 0) is 9.53 Å². The second-order valence-electron chi connectivity index (χ2n) is 6.07. The van der Waals surface area contributed by atoms with Gasteiger partial charge < -0.3 is 9.84 Å². The van der Waals surface area contributed by atoms with Gasteiger partial charge in [0.15, 0.2) is 0 Å². The fourth-order valence-corrected chi connectivity index (χ4v) is 4.08. The number of carbonyl (C=O) groups excluding carboxylic acids is 1. The Balaban J connectivity index is 1.91. The number of ether oxygens (including phenoxy) is 1. The number of hydrogen-bond donors (Lipinski definition) is 1. The van der Waals surface area contributed by atoms with Crippen LogP contribution in [0.4, 0.5) is 0 Å². The van der Waals surface area contributed by atoms with Crippen molar-refractivity contribution < 1.29 is 14.6 Å². The molecule has 0 amide bonds. The predicted octanol–water partition coefficient (Wildman–Crippen LogP) is 2.09. The molecule has 0 spiro atoms. The van der Waals surface area contributed by atoms with Crippen LogP contribution in [-0.4, -0.2) is 17.7 Å². The van der Waals surface area contributed by atoms with E-state index in [0.29, 0.717) is 11.8 Å². The molecule has 94 valence electrons. The third kappa shape index (κ3) is 1.02. The molecule has 4 aliphatic rings. The summed E-state index contributed by atoms with van der Waals surface area (Å²) in [6.45, 7) is 4.22. The third-order valence-electron chi connectivity index (χ3n) is 5.26. The Hall–Kier alpha value is -1.35. The first kappa shape index (κ1) is 10.6. The Morgan fingerprint density at radius 3 is 3.06 bits per heavy atom. The van der Waals surface area contributed by atoms with Gasteiger partial charge in [0.1, 0.15) is 5.76 Å². The van der Waals surface area contributed by atoms with Gasteiger partial charge in [-0.1, -0.05) is 12.5 Å². The van der Waals surface area contributed by atoms with Crippen LogP contribution < -0.4 is 0 Å². The lowest BCUT2D eigenvalue weighted by atomic mass is 9.72. The maximum absolute atomic E-state index is 11.6. The van der Waals surface area contributed by atoms with Gasteiger partial charge in [-0.15, -0.1) is 0 Å². The maximum atomic E-state index is 11.6. The Morgan fingerprint density at radius 1 is 1.56 bits per heavy atom. The molecule has 3 heteroatoms. The fourth-order valence-electron chi connectivity index (χ4n) is 4.08. The molecule has 1 saturated carbocycles. The van der Waals surface area contributed by atoms with Crippen molar-refractivity contribution in [1.82, 2.24) is 0 Å². The monoisotopic (exact) mass is 244 g/mol. The summed E-state index contributed by atoms with van der Waals surface area (Å²) < 4.78 is 5.35. The van der Waals surface area contributed by atoms with E-state index in [0.717, 1.165) is 23.3 Å². The largest absolute Gasteiger partial charge is 0.423 e. The number of rotatable bonds is 1. The topological polar surface area (TPSA) is 46.5 Å². The molecule has 3 nitrogen and oxygen atoms in total. The highest BCUT2D eigenvalue weighted by molar-refractivity contribution is 5.94. The molecule has 3 aliphatic carbocycles. The molecule has 3 atom stereocenters. The van der Waals surface area contributed by atoms with Crippen molar-refractivity contribution in [2.45, 2.75) is 26.7 Å². The average Bonchev–Trinajstić information content (AvgIpc) is 3.03. The number of carbonyl (C=O) groups is 1. The molecule has 0 aromatic heterocycles. The van der Waals surface area contributed by atoms with E-state index >= 15 is 0 Å². The van der Waals surface area contributed by atoms with Crippen LogP contribution in [0.3, 0.4) is 0 Å². The van der Waals surface area contributed by atoms with Crippen LogP contribution >= 0.6 is 0 Å². The minimum atomic E-state index is -0.210. The predicted molar refractivity (Wildman–Crippen MR) is 65.3 cm³/mol. The molecular formula is C15H16O3. The molecule has 0 aromatic rings. The molecule has 1 fully saturated rings. The zero-order chi connectivity index (χ0) is 12.7. The molecular weight excluding hydrogens is 228 g/mol. The molecule has 1 N–H and O–H groups in total. The van der Waals surface area contributed by atoms with E-state index in [4.69, 9.17) is 4.74 Å². The molecule has 0 aromatic carbocycles. The number of allylic oxidation sites excluding steroid dienone is 3. The summed E-state index contributed by atoms with van der Waals surface area (Å²) >= 11 is 0. The summed E-state index contributed by atoms with van der Waals surface area (Å²) in [5, 5.41) is 9.58. The lowest BCUT2D eigenvalue weighted by molar-refractivity contribution is -0.133. The Labute approximate surface area is 106 Å². The molecule has 1 heterocycles. The Morgan fingerprint density at radius 2 is 2.33 bits per heavy atom. The molecule has 1 aliphatic heterocycles. The van der Waals surface area contributed by atoms with Crippen LogP contribution in [0.25, 0.3) is 0 Å². The minimum Gasteiger partial charge on any atom is -0.423 e. The normalized spacial score (nSPS) is 40.4. The highest BCUT2D eigenvalue weighted by atomic mass is 16.5. The summed E-state index contributed by atoms with van der Waals surface area (Å²) in [7, 11) is 0. The lowest BCUT2D eigenvalue weighted by Gasteiger charge is -2.32. The lowest BCUT2D eigenvalue weighted by Crippen LogP contribution is -2.23. The van der Waals surface area contributed by atoms with Crippen molar-refractivity contribution in [2.75, 3.05) is 6.61 Å². The van der Waals surface area contributed by atoms with Crippen LogP contribution in [0.15, 0.2) is 34.1 Å². The van der Waals surface area contributed by atoms with Crippen LogP contribution in [0, 0.1) is 17.3 Å².